The number of aryl methyl sites for hydroxylation is 1. The summed E-state index contributed by atoms with van der Waals surface area (Å²) in [5, 5.41) is 3.24. The van der Waals surface area contributed by atoms with Gasteiger partial charge >= 0.3 is 0 Å². The van der Waals surface area contributed by atoms with Gasteiger partial charge in [0.05, 0.1) is 10.7 Å². The molecule has 5 nitrogen and oxygen atoms in total. The number of carbonyl (C=O) groups excluding carboxylic acids is 1. The number of aromatic nitrogens is 1. The summed E-state index contributed by atoms with van der Waals surface area (Å²) >= 11 is 1.70. The molecule has 6 heteroatoms. The normalized spacial score (nSPS) is 16.6. The minimum atomic E-state index is 0.280. The maximum atomic E-state index is 12.0. The molecule has 2 N–H and O–H groups in total. The van der Waals surface area contributed by atoms with Gasteiger partial charge in [0.25, 0.3) is 0 Å². The molecule has 1 aliphatic rings. The number of hydrogen-bond donors (Lipinski definition) is 1. The van der Waals surface area contributed by atoms with E-state index in [0.717, 1.165) is 56.3 Å². The van der Waals surface area contributed by atoms with Crippen LogP contribution in [0.1, 0.15) is 30.0 Å². The summed E-state index contributed by atoms with van der Waals surface area (Å²) in [5.74, 6) is 0.280. The molecule has 20 heavy (non-hydrogen) atoms. The number of rotatable bonds is 6. The van der Waals surface area contributed by atoms with E-state index in [-0.39, 0.29) is 5.91 Å². The molecule has 1 aliphatic heterocycles. The molecular formula is C14H24N4OS. The summed E-state index contributed by atoms with van der Waals surface area (Å²) < 4.78 is 0. The van der Waals surface area contributed by atoms with Crippen molar-refractivity contribution < 1.29 is 4.79 Å². The van der Waals surface area contributed by atoms with Crippen molar-refractivity contribution in [2.75, 3.05) is 32.7 Å². The van der Waals surface area contributed by atoms with Crippen molar-refractivity contribution in [3.8, 4) is 0 Å². The molecule has 0 aliphatic carbocycles. The smallest absolute Gasteiger partial charge is 0.222 e. The number of thiazole rings is 1. The van der Waals surface area contributed by atoms with Crippen LogP contribution in [0.4, 0.5) is 0 Å². The van der Waals surface area contributed by atoms with E-state index in [1.165, 1.54) is 0 Å². The predicted octanol–water partition coefficient (Wildman–Crippen LogP) is 1.22. The first-order valence-corrected chi connectivity index (χ1v) is 8.18. The molecular weight excluding hydrogens is 272 g/mol. The van der Waals surface area contributed by atoms with Gasteiger partial charge in [-0.25, -0.2) is 4.98 Å². The van der Waals surface area contributed by atoms with Crippen LogP contribution in [0.25, 0.3) is 0 Å². The van der Waals surface area contributed by atoms with E-state index < -0.39 is 0 Å². The number of amides is 1. The molecule has 0 radical (unpaired) electrons. The van der Waals surface area contributed by atoms with Crippen LogP contribution in [-0.2, 0) is 11.3 Å². The number of nitrogens with zero attached hydrogens (tertiary/aromatic N) is 3. The van der Waals surface area contributed by atoms with Gasteiger partial charge in [-0.1, -0.05) is 0 Å². The minimum Gasteiger partial charge on any atom is -0.340 e. The highest BCUT2D eigenvalue weighted by molar-refractivity contribution is 7.09. The van der Waals surface area contributed by atoms with Crippen molar-refractivity contribution in [2.45, 2.75) is 32.7 Å². The lowest BCUT2D eigenvalue weighted by atomic mass is 10.2. The van der Waals surface area contributed by atoms with Gasteiger partial charge in [0.2, 0.25) is 5.91 Å². The standard InChI is InChI=1S/C14H24N4OS/c1-12-16-13(11-20-12)10-17-6-8-18(9-7-17)14(19)4-2-3-5-15/h11H,2-10,15H2,1H3. The zero-order chi connectivity index (χ0) is 14.4. The average molecular weight is 296 g/mol. The van der Waals surface area contributed by atoms with Gasteiger partial charge in [-0.3, -0.25) is 9.69 Å². The topological polar surface area (TPSA) is 62.5 Å². The van der Waals surface area contributed by atoms with Gasteiger partial charge in [0, 0.05) is 44.5 Å². The van der Waals surface area contributed by atoms with Crippen molar-refractivity contribution in [1.82, 2.24) is 14.8 Å². The van der Waals surface area contributed by atoms with Gasteiger partial charge in [-0.15, -0.1) is 11.3 Å². The summed E-state index contributed by atoms with van der Waals surface area (Å²) in [5.41, 5.74) is 6.60. The van der Waals surface area contributed by atoms with E-state index in [0.29, 0.717) is 13.0 Å². The van der Waals surface area contributed by atoms with Crippen molar-refractivity contribution in [2.24, 2.45) is 5.73 Å². The maximum Gasteiger partial charge on any atom is 0.222 e. The Morgan fingerprint density at radius 3 is 2.70 bits per heavy atom. The molecule has 2 rings (SSSR count). The molecule has 1 saturated heterocycles. The minimum absolute atomic E-state index is 0.280. The van der Waals surface area contributed by atoms with Crippen LogP contribution in [0, 0.1) is 6.92 Å². The Balaban J connectivity index is 1.70. The maximum absolute atomic E-state index is 12.0. The number of nitrogens with two attached hydrogens (primary N) is 1. The highest BCUT2D eigenvalue weighted by atomic mass is 32.1. The molecule has 0 spiro atoms. The van der Waals surface area contributed by atoms with Crippen molar-refractivity contribution in [3.05, 3.63) is 16.1 Å². The molecule has 1 fully saturated rings. The second-order valence-electron chi connectivity index (χ2n) is 5.26. The molecule has 0 atom stereocenters. The van der Waals surface area contributed by atoms with Crippen LogP contribution in [-0.4, -0.2) is 53.4 Å². The summed E-state index contributed by atoms with van der Waals surface area (Å²) in [6, 6.07) is 0. The predicted molar refractivity (Wildman–Crippen MR) is 81.6 cm³/mol. The van der Waals surface area contributed by atoms with E-state index in [1.807, 2.05) is 11.8 Å². The Morgan fingerprint density at radius 2 is 2.10 bits per heavy atom. The third kappa shape index (κ3) is 4.54. The van der Waals surface area contributed by atoms with E-state index in [1.54, 1.807) is 11.3 Å². The zero-order valence-electron chi connectivity index (χ0n) is 12.2. The monoisotopic (exact) mass is 296 g/mol. The fourth-order valence-corrected chi connectivity index (χ4v) is 3.05. The van der Waals surface area contributed by atoms with Gasteiger partial charge in [-0.2, -0.15) is 0 Å². The first kappa shape index (κ1) is 15.4. The van der Waals surface area contributed by atoms with Crippen LogP contribution >= 0.6 is 11.3 Å². The summed E-state index contributed by atoms with van der Waals surface area (Å²) in [6.07, 6.45) is 2.49. The first-order valence-electron chi connectivity index (χ1n) is 7.30. The lowest BCUT2D eigenvalue weighted by Gasteiger charge is -2.34. The highest BCUT2D eigenvalue weighted by Crippen LogP contribution is 2.13. The molecule has 0 aromatic carbocycles. The molecule has 1 amide bonds. The molecule has 0 unspecified atom stereocenters. The van der Waals surface area contributed by atoms with Gasteiger partial charge < -0.3 is 10.6 Å². The lowest BCUT2D eigenvalue weighted by Crippen LogP contribution is -2.48. The number of piperazine rings is 1. The van der Waals surface area contributed by atoms with E-state index >= 15 is 0 Å². The van der Waals surface area contributed by atoms with Crippen LogP contribution in [0.15, 0.2) is 5.38 Å². The van der Waals surface area contributed by atoms with Crippen LogP contribution in [0.3, 0.4) is 0 Å². The fourth-order valence-electron chi connectivity index (χ4n) is 2.44. The Bertz CT molecular complexity index is 427. The van der Waals surface area contributed by atoms with Crippen molar-refractivity contribution in [3.63, 3.8) is 0 Å². The van der Waals surface area contributed by atoms with Crippen LogP contribution < -0.4 is 5.73 Å². The van der Waals surface area contributed by atoms with E-state index in [9.17, 15) is 4.79 Å². The molecule has 1 aromatic heterocycles. The highest BCUT2D eigenvalue weighted by Gasteiger charge is 2.21. The van der Waals surface area contributed by atoms with Crippen LogP contribution in [0.2, 0.25) is 0 Å². The molecule has 112 valence electrons. The quantitative estimate of drug-likeness (QED) is 0.802. The number of carbonyl (C=O) groups is 1. The van der Waals surface area contributed by atoms with E-state index in [2.05, 4.69) is 15.3 Å². The zero-order valence-corrected chi connectivity index (χ0v) is 13.0. The molecule has 0 saturated carbocycles. The fraction of sp³-hybridized carbons (Fsp3) is 0.714. The molecule has 2 heterocycles. The molecule has 1 aromatic rings. The summed E-state index contributed by atoms with van der Waals surface area (Å²) in [6.45, 7) is 7.17. The Labute approximate surface area is 124 Å². The lowest BCUT2D eigenvalue weighted by molar-refractivity contribution is -0.133. The summed E-state index contributed by atoms with van der Waals surface area (Å²) in [7, 11) is 0. The second-order valence-corrected chi connectivity index (χ2v) is 6.32. The van der Waals surface area contributed by atoms with Gasteiger partial charge in [0.1, 0.15) is 0 Å². The largest absolute Gasteiger partial charge is 0.340 e. The Hall–Kier alpha value is -0.980. The van der Waals surface area contributed by atoms with Crippen molar-refractivity contribution in [1.29, 1.82) is 0 Å². The SMILES string of the molecule is Cc1nc(CN2CCN(C(=O)CCCCN)CC2)cs1. The Kier molecular flexibility index (Phi) is 5.94. The van der Waals surface area contributed by atoms with Gasteiger partial charge in [0.15, 0.2) is 0 Å². The third-order valence-electron chi connectivity index (χ3n) is 3.62. The number of hydrogen-bond acceptors (Lipinski definition) is 5. The molecule has 0 bridgehead atoms. The average Bonchev–Trinajstić information content (AvgIpc) is 2.85. The summed E-state index contributed by atoms with van der Waals surface area (Å²) in [4.78, 5) is 20.8. The second kappa shape index (κ2) is 7.71. The number of unbranched alkanes of at least 4 members (excludes halogenated alkanes) is 1. The first-order chi connectivity index (χ1) is 9.69. The van der Waals surface area contributed by atoms with E-state index in [4.69, 9.17) is 5.73 Å². The third-order valence-corrected chi connectivity index (χ3v) is 4.44. The van der Waals surface area contributed by atoms with Gasteiger partial charge in [-0.05, 0) is 26.3 Å². The Morgan fingerprint density at radius 1 is 1.35 bits per heavy atom. The van der Waals surface area contributed by atoms with Crippen LogP contribution in [0.5, 0.6) is 0 Å². The van der Waals surface area contributed by atoms with Crippen molar-refractivity contribution >= 4 is 17.2 Å².